The summed E-state index contributed by atoms with van der Waals surface area (Å²) < 4.78 is 5.83. The van der Waals surface area contributed by atoms with Gasteiger partial charge in [-0.3, -0.25) is 5.10 Å². The summed E-state index contributed by atoms with van der Waals surface area (Å²) in [5.74, 6) is 0.977. The van der Waals surface area contributed by atoms with Gasteiger partial charge in [0.1, 0.15) is 5.75 Å². The van der Waals surface area contributed by atoms with Gasteiger partial charge in [-0.1, -0.05) is 6.07 Å². The number of nitrogens with one attached hydrogen (secondary N) is 1. The molecule has 0 unspecified atom stereocenters. The zero-order valence-corrected chi connectivity index (χ0v) is 11.5. The maximum Gasteiger partial charge on any atom is 0.122 e. The van der Waals surface area contributed by atoms with Crippen molar-refractivity contribution >= 4 is 0 Å². The quantitative estimate of drug-likeness (QED) is 0.896. The molecule has 0 aliphatic carbocycles. The van der Waals surface area contributed by atoms with E-state index in [2.05, 4.69) is 49.2 Å². The summed E-state index contributed by atoms with van der Waals surface area (Å²) in [7, 11) is 0. The standard InChI is InChI=1S/C15H20N2O/c1-10-7-12(3)15(8-11(10)2)18-6-5-14-9-13(4)16-17-14/h7-9H,5-6H2,1-4H3,(H,16,17). The first-order valence-electron chi connectivity index (χ1n) is 6.28. The van der Waals surface area contributed by atoms with Gasteiger partial charge in [-0.25, -0.2) is 0 Å². The van der Waals surface area contributed by atoms with E-state index in [1.807, 2.05) is 6.92 Å². The van der Waals surface area contributed by atoms with E-state index in [9.17, 15) is 0 Å². The van der Waals surface area contributed by atoms with Gasteiger partial charge in [0.2, 0.25) is 0 Å². The van der Waals surface area contributed by atoms with Crippen molar-refractivity contribution in [3.8, 4) is 5.75 Å². The van der Waals surface area contributed by atoms with Crippen LogP contribution in [0.5, 0.6) is 5.75 Å². The molecule has 0 aliphatic rings. The van der Waals surface area contributed by atoms with Crippen molar-refractivity contribution in [1.29, 1.82) is 0 Å². The minimum Gasteiger partial charge on any atom is -0.493 e. The van der Waals surface area contributed by atoms with E-state index in [1.54, 1.807) is 0 Å². The van der Waals surface area contributed by atoms with E-state index in [0.29, 0.717) is 6.61 Å². The Labute approximate surface area is 108 Å². The molecule has 0 atom stereocenters. The number of rotatable bonds is 4. The van der Waals surface area contributed by atoms with Gasteiger partial charge in [-0.05, 0) is 56.5 Å². The van der Waals surface area contributed by atoms with Gasteiger partial charge in [0.15, 0.2) is 0 Å². The summed E-state index contributed by atoms with van der Waals surface area (Å²) >= 11 is 0. The van der Waals surface area contributed by atoms with Gasteiger partial charge in [-0.15, -0.1) is 0 Å². The molecule has 1 aromatic carbocycles. The number of aromatic amines is 1. The predicted molar refractivity (Wildman–Crippen MR) is 73.2 cm³/mol. The highest BCUT2D eigenvalue weighted by molar-refractivity contribution is 5.40. The molecule has 18 heavy (non-hydrogen) atoms. The van der Waals surface area contributed by atoms with Gasteiger partial charge in [0, 0.05) is 12.1 Å². The number of aromatic nitrogens is 2. The lowest BCUT2D eigenvalue weighted by molar-refractivity contribution is 0.318. The molecule has 2 aromatic rings. The first-order chi connectivity index (χ1) is 8.56. The van der Waals surface area contributed by atoms with Crippen LogP contribution in [0.25, 0.3) is 0 Å². The second-order valence-corrected chi connectivity index (χ2v) is 4.84. The second-order valence-electron chi connectivity index (χ2n) is 4.84. The lowest BCUT2D eigenvalue weighted by atomic mass is 10.1. The van der Waals surface area contributed by atoms with Crippen LogP contribution < -0.4 is 4.74 Å². The lowest BCUT2D eigenvalue weighted by Crippen LogP contribution is -2.03. The third-order valence-electron chi connectivity index (χ3n) is 3.17. The summed E-state index contributed by atoms with van der Waals surface area (Å²) in [5.41, 5.74) is 5.91. The van der Waals surface area contributed by atoms with Crippen LogP contribution in [0.4, 0.5) is 0 Å². The first-order valence-corrected chi connectivity index (χ1v) is 6.28. The molecule has 3 heteroatoms. The largest absolute Gasteiger partial charge is 0.493 e. The summed E-state index contributed by atoms with van der Waals surface area (Å²) in [5, 5.41) is 7.14. The fraction of sp³-hybridized carbons (Fsp3) is 0.400. The maximum atomic E-state index is 5.83. The Kier molecular flexibility index (Phi) is 3.70. The van der Waals surface area contributed by atoms with Crippen LogP contribution in [-0.4, -0.2) is 16.8 Å². The third-order valence-corrected chi connectivity index (χ3v) is 3.17. The van der Waals surface area contributed by atoms with Crippen LogP contribution in [0.1, 0.15) is 28.1 Å². The van der Waals surface area contributed by atoms with Gasteiger partial charge in [0.05, 0.1) is 12.3 Å². The molecule has 1 aromatic heterocycles. The van der Waals surface area contributed by atoms with Crippen molar-refractivity contribution in [2.45, 2.75) is 34.1 Å². The summed E-state index contributed by atoms with van der Waals surface area (Å²) in [6, 6.07) is 6.33. The van der Waals surface area contributed by atoms with Gasteiger partial charge >= 0.3 is 0 Å². The third kappa shape index (κ3) is 2.92. The van der Waals surface area contributed by atoms with E-state index in [1.165, 1.54) is 16.7 Å². The molecule has 0 fully saturated rings. The number of hydrogen-bond acceptors (Lipinski definition) is 2. The maximum absolute atomic E-state index is 5.83. The van der Waals surface area contributed by atoms with Crippen LogP contribution in [0.3, 0.4) is 0 Å². The number of benzene rings is 1. The molecule has 0 amide bonds. The van der Waals surface area contributed by atoms with E-state index in [-0.39, 0.29) is 0 Å². The smallest absolute Gasteiger partial charge is 0.122 e. The molecule has 0 saturated carbocycles. The molecule has 3 nitrogen and oxygen atoms in total. The summed E-state index contributed by atoms with van der Waals surface area (Å²) in [6.45, 7) is 8.98. The van der Waals surface area contributed by atoms with E-state index < -0.39 is 0 Å². The minimum atomic E-state index is 0.660. The van der Waals surface area contributed by atoms with Crippen molar-refractivity contribution in [2.75, 3.05) is 6.61 Å². The number of nitrogens with zero attached hydrogens (tertiary/aromatic N) is 1. The molecule has 0 aliphatic heterocycles. The lowest BCUT2D eigenvalue weighted by Gasteiger charge is -2.11. The Morgan fingerprint density at radius 3 is 2.39 bits per heavy atom. The molecule has 0 saturated heterocycles. The zero-order chi connectivity index (χ0) is 13.1. The Hall–Kier alpha value is -1.77. The molecule has 0 radical (unpaired) electrons. The number of H-pyrrole nitrogens is 1. The average molecular weight is 244 g/mol. The molecular weight excluding hydrogens is 224 g/mol. The zero-order valence-electron chi connectivity index (χ0n) is 11.5. The second kappa shape index (κ2) is 5.25. The average Bonchev–Trinajstić information content (AvgIpc) is 2.71. The van der Waals surface area contributed by atoms with Crippen LogP contribution in [0, 0.1) is 27.7 Å². The summed E-state index contributed by atoms with van der Waals surface area (Å²) in [6.07, 6.45) is 0.830. The molecule has 1 heterocycles. The highest BCUT2D eigenvalue weighted by Crippen LogP contribution is 2.22. The number of aryl methyl sites for hydroxylation is 4. The van der Waals surface area contributed by atoms with E-state index >= 15 is 0 Å². The van der Waals surface area contributed by atoms with Gasteiger partial charge in [0.25, 0.3) is 0 Å². The fourth-order valence-electron chi connectivity index (χ4n) is 1.96. The minimum absolute atomic E-state index is 0.660. The van der Waals surface area contributed by atoms with Crippen molar-refractivity contribution in [1.82, 2.24) is 10.2 Å². The van der Waals surface area contributed by atoms with E-state index in [4.69, 9.17) is 4.74 Å². The van der Waals surface area contributed by atoms with Crippen LogP contribution in [-0.2, 0) is 6.42 Å². The molecule has 1 N–H and O–H groups in total. The molecule has 96 valence electrons. The molecular formula is C15H20N2O. The Bertz CT molecular complexity index is 543. The SMILES string of the molecule is Cc1cc(CCOc2cc(C)c(C)cc2C)n[nH]1. The number of hydrogen-bond donors (Lipinski definition) is 1. The van der Waals surface area contributed by atoms with Gasteiger partial charge in [-0.2, -0.15) is 5.10 Å². The van der Waals surface area contributed by atoms with E-state index in [0.717, 1.165) is 23.6 Å². The Morgan fingerprint density at radius 2 is 1.72 bits per heavy atom. The van der Waals surface area contributed by atoms with Crippen molar-refractivity contribution in [3.05, 3.63) is 46.3 Å². The molecule has 0 spiro atoms. The highest BCUT2D eigenvalue weighted by atomic mass is 16.5. The van der Waals surface area contributed by atoms with Crippen molar-refractivity contribution < 1.29 is 4.74 Å². The summed E-state index contributed by atoms with van der Waals surface area (Å²) in [4.78, 5) is 0. The Morgan fingerprint density at radius 1 is 1.00 bits per heavy atom. The van der Waals surface area contributed by atoms with Crippen molar-refractivity contribution in [2.24, 2.45) is 0 Å². The topological polar surface area (TPSA) is 37.9 Å². The molecule has 2 rings (SSSR count). The highest BCUT2D eigenvalue weighted by Gasteiger charge is 2.04. The molecule has 0 bridgehead atoms. The monoisotopic (exact) mass is 244 g/mol. The number of ether oxygens (including phenoxy) is 1. The van der Waals surface area contributed by atoms with Crippen LogP contribution in [0.2, 0.25) is 0 Å². The van der Waals surface area contributed by atoms with Crippen LogP contribution in [0.15, 0.2) is 18.2 Å². The first kappa shape index (κ1) is 12.7. The van der Waals surface area contributed by atoms with Crippen LogP contribution >= 0.6 is 0 Å². The normalized spacial score (nSPS) is 10.7. The predicted octanol–water partition coefficient (Wildman–Crippen LogP) is 3.26. The Balaban J connectivity index is 1.96. The van der Waals surface area contributed by atoms with Gasteiger partial charge < -0.3 is 4.74 Å². The van der Waals surface area contributed by atoms with Crippen molar-refractivity contribution in [3.63, 3.8) is 0 Å². The fourth-order valence-corrected chi connectivity index (χ4v) is 1.96.